The van der Waals surface area contributed by atoms with Gasteiger partial charge in [0.2, 0.25) is 0 Å². The Morgan fingerprint density at radius 3 is 2.54 bits per heavy atom. The van der Waals surface area contributed by atoms with Crippen molar-refractivity contribution in [3.05, 3.63) is 89.7 Å². The summed E-state index contributed by atoms with van der Waals surface area (Å²) in [5.41, 5.74) is 3.57. The van der Waals surface area contributed by atoms with Gasteiger partial charge in [0.15, 0.2) is 0 Å². The van der Waals surface area contributed by atoms with Crippen molar-refractivity contribution in [3.8, 4) is 6.07 Å². The van der Waals surface area contributed by atoms with Crippen LogP contribution in [-0.2, 0) is 6.54 Å². The van der Waals surface area contributed by atoms with Gasteiger partial charge in [-0.15, -0.1) is 0 Å². The van der Waals surface area contributed by atoms with Crippen LogP contribution in [-0.4, -0.2) is 16.9 Å². The summed E-state index contributed by atoms with van der Waals surface area (Å²) in [7, 11) is 0. The average Bonchev–Trinajstić information content (AvgIpc) is 2.73. The lowest BCUT2D eigenvalue weighted by Gasteiger charge is -2.29. The van der Waals surface area contributed by atoms with Gasteiger partial charge in [0.25, 0.3) is 5.91 Å². The summed E-state index contributed by atoms with van der Waals surface area (Å²) in [4.78, 5) is 19.0. The number of rotatable bonds is 6. The molecule has 1 aromatic heterocycles. The number of hydrogen-bond donors (Lipinski definition) is 1. The standard InChI is InChI=1S/C23H22N4O/c1-17(2)27(16-18-7-4-3-5-8-18)21-11-12-22(25-15-21)23(28)26-20-10-6-9-19(13-20)14-24/h3-13,15,17H,16H2,1-2H3,(H,26,28). The first kappa shape index (κ1) is 19.1. The highest BCUT2D eigenvalue weighted by molar-refractivity contribution is 6.03. The van der Waals surface area contributed by atoms with Crippen LogP contribution in [0.3, 0.4) is 0 Å². The minimum absolute atomic E-state index is 0.287. The van der Waals surface area contributed by atoms with Crippen molar-refractivity contribution >= 4 is 17.3 Å². The van der Waals surface area contributed by atoms with E-state index in [1.165, 1.54) is 5.56 Å². The number of amides is 1. The quantitative estimate of drug-likeness (QED) is 0.687. The number of pyridine rings is 1. The molecule has 0 bridgehead atoms. The van der Waals surface area contributed by atoms with Crippen molar-refractivity contribution in [1.29, 1.82) is 5.26 Å². The van der Waals surface area contributed by atoms with Crippen LogP contribution in [0.25, 0.3) is 0 Å². The monoisotopic (exact) mass is 370 g/mol. The molecular weight excluding hydrogens is 348 g/mol. The molecule has 0 atom stereocenters. The number of nitriles is 1. The molecule has 0 aliphatic rings. The Labute approximate surface area is 165 Å². The molecule has 0 saturated carbocycles. The fraction of sp³-hybridized carbons (Fsp3) is 0.174. The van der Waals surface area contributed by atoms with Crippen LogP contribution in [0.5, 0.6) is 0 Å². The van der Waals surface area contributed by atoms with Crippen molar-refractivity contribution in [2.75, 3.05) is 10.2 Å². The first-order valence-electron chi connectivity index (χ1n) is 9.15. The highest BCUT2D eigenvalue weighted by Gasteiger charge is 2.14. The SMILES string of the molecule is CC(C)N(Cc1ccccc1)c1ccc(C(=O)Nc2cccc(C#N)c2)nc1. The first-order valence-corrected chi connectivity index (χ1v) is 9.15. The summed E-state index contributed by atoms with van der Waals surface area (Å²) in [6.07, 6.45) is 1.73. The Morgan fingerprint density at radius 2 is 1.89 bits per heavy atom. The van der Waals surface area contributed by atoms with Gasteiger partial charge in [-0.1, -0.05) is 36.4 Å². The number of benzene rings is 2. The molecule has 3 aromatic rings. The molecule has 5 heteroatoms. The molecule has 0 fully saturated rings. The maximum absolute atomic E-state index is 12.4. The number of anilines is 2. The lowest BCUT2D eigenvalue weighted by atomic mass is 10.1. The van der Waals surface area contributed by atoms with E-state index in [0.717, 1.165) is 12.2 Å². The molecule has 0 unspecified atom stereocenters. The molecule has 1 heterocycles. The number of carbonyl (C=O) groups is 1. The van der Waals surface area contributed by atoms with Gasteiger partial charge in [0.05, 0.1) is 23.5 Å². The molecule has 5 nitrogen and oxygen atoms in total. The molecule has 0 saturated heterocycles. The summed E-state index contributed by atoms with van der Waals surface area (Å²) in [6, 6.07) is 23.0. The third-order valence-electron chi connectivity index (χ3n) is 4.38. The largest absolute Gasteiger partial charge is 0.364 e. The number of carbonyl (C=O) groups excluding carboxylic acids is 1. The van der Waals surface area contributed by atoms with Crippen LogP contribution in [0.4, 0.5) is 11.4 Å². The Kier molecular flexibility index (Phi) is 6.03. The molecular formula is C23H22N4O. The van der Waals surface area contributed by atoms with E-state index in [1.54, 1.807) is 36.5 Å². The van der Waals surface area contributed by atoms with E-state index in [-0.39, 0.29) is 11.9 Å². The Bertz CT molecular complexity index is 975. The van der Waals surface area contributed by atoms with Crippen molar-refractivity contribution in [2.45, 2.75) is 26.4 Å². The summed E-state index contributed by atoms with van der Waals surface area (Å²) in [5, 5.41) is 11.7. The van der Waals surface area contributed by atoms with Gasteiger partial charge in [0.1, 0.15) is 5.69 Å². The van der Waals surface area contributed by atoms with Gasteiger partial charge < -0.3 is 10.2 Å². The number of hydrogen-bond acceptors (Lipinski definition) is 4. The second kappa shape index (κ2) is 8.83. The van der Waals surface area contributed by atoms with Gasteiger partial charge in [-0.3, -0.25) is 4.79 Å². The van der Waals surface area contributed by atoms with E-state index in [1.807, 2.05) is 24.3 Å². The third-order valence-corrected chi connectivity index (χ3v) is 4.38. The summed E-state index contributed by atoms with van der Waals surface area (Å²) < 4.78 is 0. The molecule has 140 valence electrons. The van der Waals surface area contributed by atoms with Gasteiger partial charge in [0, 0.05) is 18.3 Å². The van der Waals surface area contributed by atoms with E-state index in [9.17, 15) is 4.79 Å². The molecule has 1 N–H and O–H groups in total. The van der Waals surface area contributed by atoms with E-state index in [4.69, 9.17) is 5.26 Å². The van der Waals surface area contributed by atoms with Crippen LogP contribution in [0.1, 0.15) is 35.5 Å². The van der Waals surface area contributed by atoms with Crippen LogP contribution in [0, 0.1) is 11.3 Å². The molecule has 2 aromatic carbocycles. The highest BCUT2D eigenvalue weighted by atomic mass is 16.1. The van der Waals surface area contributed by atoms with Crippen LogP contribution >= 0.6 is 0 Å². The van der Waals surface area contributed by atoms with Crippen LogP contribution in [0.15, 0.2) is 72.9 Å². The lowest BCUT2D eigenvalue weighted by molar-refractivity contribution is 0.102. The zero-order chi connectivity index (χ0) is 19.9. The first-order chi connectivity index (χ1) is 13.6. The fourth-order valence-electron chi connectivity index (χ4n) is 2.90. The van der Waals surface area contributed by atoms with Crippen molar-refractivity contribution < 1.29 is 4.79 Å². The zero-order valence-corrected chi connectivity index (χ0v) is 16.0. The average molecular weight is 370 g/mol. The van der Waals surface area contributed by atoms with Crippen LogP contribution in [0.2, 0.25) is 0 Å². The van der Waals surface area contributed by atoms with E-state index in [2.05, 4.69) is 47.3 Å². The minimum Gasteiger partial charge on any atom is -0.364 e. The van der Waals surface area contributed by atoms with Gasteiger partial charge >= 0.3 is 0 Å². The predicted molar refractivity (Wildman–Crippen MR) is 111 cm³/mol. The van der Waals surface area contributed by atoms with Gasteiger partial charge in [-0.05, 0) is 49.7 Å². The number of aromatic nitrogens is 1. The fourth-order valence-corrected chi connectivity index (χ4v) is 2.90. The molecule has 0 spiro atoms. The van der Waals surface area contributed by atoms with Gasteiger partial charge in [-0.25, -0.2) is 4.98 Å². The molecule has 1 amide bonds. The van der Waals surface area contributed by atoms with Crippen molar-refractivity contribution in [2.24, 2.45) is 0 Å². The van der Waals surface area contributed by atoms with Crippen molar-refractivity contribution in [3.63, 3.8) is 0 Å². The molecule has 0 aliphatic heterocycles. The Morgan fingerprint density at radius 1 is 1.11 bits per heavy atom. The van der Waals surface area contributed by atoms with E-state index >= 15 is 0 Å². The Hall–Kier alpha value is -3.65. The number of nitrogens with zero attached hydrogens (tertiary/aromatic N) is 3. The maximum Gasteiger partial charge on any atom is 0.274 e. The normalized spacial score (nSPS) is 10.4. The summed E-state index contributed by atoms with van der Waals surface area (Å²) >= 11 is 0. The third kappa shape index (κ3) is 4.74. The smallest absolute Gasteiger partial charge is 0.274 e. The maximum atomic E-state index is 12.4. The topological polar surface area (TPSA) is 69.0 Å². The second-order valence-electron chi connectivity index (χ2n) is 6.76. The lowest BCUT2D eigenvalue weighted by Crippen LogP contribution is -2.30. The highest BCUT2D eigenvalue weighted by Crippen LogP contribution is 2.20. The van der Waals surface area contributed by atoms with E-state index in [0.29, 0.717) is 16.9 Å². The van der Waals surface area contributed by atoms with Gasteiger partial charge in [-0.2, -0.15) is 5.26 Å². The van der Waals surface area contributed by atoms with E-state index < -0.39 is 0 Å². The summed E-state index contributed by atoms with van der Waals surface area (Å²) in [5.74, 6) is -0.305. The Balaban J connectivity index is 1.73. The summed E-state index contributed by atoms with van der Waals surface area (Å²) in [6.45, 7) is 5.03. The van der Waals surface area contributed by atoms with Crippen molar-refractivity contribution in [1.82, 2.24) is 4.98 Å². The number of nitrogens with one attached hydrogen (secondary N) is 1. The van der Waals surface area contributed by atoms with Crippen LogP contribution < -0.4 is 10.2 Å². The molecule has 28 heavy (non-hydrogen) atoms. The zero-order valence-electron chi connectivity index (χ0n) is 16.0. The predicted octanol–water partition coefficient (Wildman–Crippen LogP) is 4.62. The second-order valence-corrected chi connectivity index (χ2v) is 6.76. The molecule has 3 rings (SSSR count). The molecule has 0 radical (unpaired) electrons. The molecule has 0 aliphatic carbocycles. The minimum atomic E-state index is -0.305.